The topological polar surface area (TPSA) is 57.6 Å². The van der Waals surface area contributed by atoms with E-state index in [2.05, 4.69) is 6.07 Å². The minimum absolute atomic E-state index is 0.225. The molecule has 0 aliphatic carbocycles. The van der Waals surface area contributed by atoms with Crippen LogP contribution in [-0.2, 0) is 9.59 Å². The number of carbonyl (C=O) groups is 2. The third-order valence-electron chi connectivity index (χ3n) is 5.41. The highest BCUT2D eigenvalue weighted by atomic mass is 16.3. The van der Waals surface area contributed by atoms with Gasteiger partial charge in [-0.3, -0.25) is 14.5 Å². The maximum atomic E-state index is 12.2. The first-order valence-corrected chi connectivity index (χ1v) is 9.10. The second-order valence-electron chi connectivity index (χ2n) is 7.17. The molecule has 0 aliphatic rings. The van der Waals surface area contributed by atoms with Gasteiger partial charge in [-0.15, -0.1) is 0 Å². The first-order valence-electron chi connectivity index (χ1n) is 9.10. The number of rotatable bonds is 1. The van der Waals surface area contributed by atoms with Crippen molar-refractivity contribution in [2.24, 2.45) is 0 Å². The summed E-state index contributed by atoms with van der Waals surface area (Å²) in [4.78, 5) is 25.7. The van der Waals surface area contributed by atoms with Gasteiger partial charge in [0.2, 0.25) is 11.8 Å². The van der Waals surface area contributed by atoms with Crippen LogP contribution in [0.3, 0.4) is 0 Å². The third-order valence-corrected chi connectivity index (χ3v) is 5.41. The summed E-state index contributed by atoms with van der Waals surface area (Å²) in [5, 5.41) is 17.9. The highest BCUT2D eigenvalue weighted by Gasteiger charge is 2.22. The minimum atomic E-state index is -0.308. The summed E-state index contributed by atoms with van der Waals surface area (Å²) in [6.45, 7) is 2.81. The van der Waals surface area contributed by atoms with Crippen molar-refractivity contribution in [1.82, 2.24) is 0 Å². The van der Waals surface area contributed by atoms with Gasteiger partial charge in [0.25, 0.3) is 0 Å². The van der Waals surface area contributed by atoms with Crippen molar-refractivity contribution < 1.29 is 14.7 Å². The smallest absolute Gasteiger partial charge is 0.230 e. The van der Waals surface area contributed by atoms with E-state index in [1.807, 2.05) is 42.5 Å². The van der Waals surface area contributed by atoms with Crippen LogP contribution in [0.1, 0.15) is 13.8 Å². The molecule has 0 unspecified atom stereocenters. The Morgan fingerprint density at radius 1 is 0.714 bits per heavy atom. The summed E-state index contributed by atoms with van der Waals surface area (Å²) in [6, 6.07) is 19.3. The summed E-state index contributed by atoms with van der Waals surface area (Å²) in [7, 11) is 0. The Labute approximate surface area is 160 Å². The van der Waals surface area contributed by atoms with Gasteiger partial charge < -0.3 is 5.11 Å². The number of hydrogen-bond donors (Lipinski definition) is 1. The fourth-order valence-corrected chi connectivity index (χ4v) is 4.34. The maximum Gasteiger partial charge on any atom is 0.230 e. The zero-order chi connectivity index (χ0) is 19.6. The Balaban J connectivity index is 2.05. The molecule has 0 saturated carbocycles. The monoisotopic (exact) mass is 367 g/mol. The molecule has 5 aromatic carbocycles. The lowest BCUT2D eigenvalue weighted by Crippen LogP contribution is -2.33. The quantitative estimate of drug-likeness (QED) is 0.321. The summed E-state index contributed by atoms with van der Waals surface area (Å²) in [6.07, 6.45) is 0. The van der Waals surface area contributed by atoms with E-state index in [0.717, 1.165) is 43.1 Å². The summed E-state index contributed by atoms with van der Waals surface area (Å²) >= 11 is 0. The van der Waals surface area contributed by atoms with Crippen LogP contribution in [0.2, 0.25) is 0 Å². The molecule has 1 N–H and O–H groups in total. The first kappa shape index (κ1) is 16.5. The van der Waals surface area contributed by atoms with Gasteiger partial charge in [0, 0.05) is 19.2 Å². The van der Waals surface area contributed by atoms with E-state index in [1.54, 1.807) is 12.1 Å². The zero-order valence-corrected chi connectivity index (χ0v) is 15.5. The first-order chi connectivity index (χ1) is 13.5. The highest BCUT2D eigenvalue weighted by molar-refractivity contribution is 6.33. The standard InChI is InChI=1S/C24H17NO3/c1-13(26)25(14(2)27)22-11-17-10-16-6-8-18(28)12-21(16)19-9-7-15-4-3-5-20(22)23(15)24(17)19/h3-12,28H,1-2H3. The largest absolute Gasteiger partial charge is 0.508 e. The number of benzene rings is 5. The second-order valence-corrected chi connectivity index (χ2v) is 7.17. The number of aromatic hydroxyl groups is 1. The molecule has 5 rings (SSSR count). The molecule has 0 fully saturated rings. The number of carbonyl (C=O) groups excluding carboxylic acids is 2. The lowest BCUT2D eigenvalue weighted by atomic mass is 9.90. The van der Waals surface area contributed by atoms with E-state index in [-0.39, 0.29) is 17.6 Å². The number of phenols is 1. The van der Waals surface area contributed by atoms with E-state index >= 15 is 0 Å². The maximum absolute atomic E-state index is 12.2. The molecule has 0 aliphatic heterocycles. The molecule has 136 valence electrons. The van der Waals surface area contributed by atoms with Crippen molar-refractivity contribution in [1.29, 1.82) is 0 Å². The molecule has 5 aromatic rings. The lowest BCUT2D eigenvalue weighted by Gasteiger charge is -2.22. The van der Waals surface area contributed by atoms with Crippen LogP contribution < -0.4 is 4.90 Å². The van der Waals surface area contributed by atoms with E-state index < -0.39 is 0 Å². The molecule has 2 amide bonds. The molecule has 4 nitrogen and oxygen atoms in total. The molecule has 0 spiro atoms. The van der Waals surface area contributed by atoms with Gasteiger partial charge in [0.1, 0.15) is 5.75 Å². The van der Waals surface area contributed by atoms with E-state index in [1.165, 1.54) is 18.7 Å². The van der Waals surface area contributed by atoms with Crippen molar-refractivity contribution in [3.05, 3.63) is 60.7 Å². The van der Waals surface area contributed by atoms with Crippen LogP contribution in [0, 0.1) is 0 Å². The zero-order valence-electron chi connectivity index (χ0n) is 15.5. The number of imide groups is 1. The molecule has 0 bridgehead atoms. The Morgan fingerprint density at radius 2 is 1.43 bits per heavy atom. The Hall–Kier alpha value is -3.66. The molecule has 0 heterocycles. The number of nitrogens with zero attached hydrogens (tertiary/aromatic N) is 1. The molecular formula is C24H17NO3. The summed E-state index contributed by atoms with van der Waals surface area (Å²) in [5.41, 5.74) is 0.601. The number of amides is 2. The van der Waals surface area contributed by atoms with Gasteiger partial charge in [-0.25, -0.2) is 0 Å². The second kappa shape index (κ2) is 5.67. The molecule has 0 saturated heterocycles. The number of hydrogen-bond acceptors (Lipinski definition) is 3. The Bertz CT molecular complexity index is 1420. The molecule has 4 heteroatoms. The van der Waals surface area contributed by atoms with Crippen LogP contribution in [0.15, 0.2) is 60.7 Å². The lowest BCUT2D eigenvalue weighted by molar-refractivity contribution is -0.124. The average Bonchev–Trinajstić information content (AvgIpc) is 2.66. The van der Waals surface area contributed by atoms with Crippen LogP contribution >= 0.6 is 0 Å². The molecule has 28 heavy (non-hydrogen) atoms. The Kier molecular flexibility index (Phi) is 3.34. The van der Waals surface area contributed by atoms with E-state index in [4.69, 9.17) is 0 Å². The van der Waals surface area contributed by atoms with Gasteiger partial charge in [-0.05, 0) is 62.0 Å². The third kappa shape index (κ3) is 2.18. The highest BCUT2D eigenvalue weighted by Crippen LogP contribution is 2.43. The van der Waals surface area contributed by atoms with Gasteiger partial charge >= 0.3 is 0 Å². The van der Waals surface area contributed by atoms with Crippen LogP contribution in [0.4, 0.5) is 5.69 Å². The van der Waals surface area contributed by atoms with Crippen LogP contribution in [0.25, 0.3) is 43.1 Å². The SMILES string of the molecule is CC(=O)N(C(C)=O)c1cc2cc3ccc(O)cc3c3ccc4cccc1c4c23. The molecule has 0 aromatic heterocycles. The molecular weight excluding hydrogens is 350 g/mol. The normalized spacial score (nSPS) is 11.6. The minimum Gasteiger partial charge on any atom is -0.508 e. The summed E-state index contributed by atoms with van der Waals surface area (Å²) in [5.74, 6) is -0.392. The fraction of sp³-hybridized carbons (Fsp3) is 0.0833. The Morgan fingerprint density at radius 3 is 2.18 bits per heavy atom. The van der Waals surface area contributed by atoms with E-state index in [9.17, 15) is 14.7 Å². The number of fused-ring (bicyclic) bond motifs is 2. The number of phenolic OH excluding ortho intramolecular Hbond substituents is 1. The fourth-order valence-electron chi connectivity index (χ4n) is 4.34. The van der Waals surface area contributed by atoms with Crippen molar-refractivity contribution in [3.8, 4) is 5.75 Å². The van der Waals surface area contributed by atoms with Gasteiger partial charge in [0.05, 0.1) is 5.69 Å². The predicted octanol–water partition coefficient (Wildman–Crippen LogP) is 5.34. The van der Waals surface area contributed by atoms with Gasteiger partial charge in [-0.2, -0.15) is 0 Å². The average molecular weight is 367 g/mol. The molecule has 0 radical (unpaired) electrons. The van der Waals surface area contributed by atoms with Crippen LogP contribution in [-0.4, -0.2) is 16.9 Å². The van der Waals surface area contributed by atoms with Crippen LogP contribution in [0.5, 0.6) is 5.75 Å². The summed E-state index contributed by atoms with van der Waals surface area (Å²) < 4.78 is 0. The van der Waals surface area contributed by atoms with Crippen molar-refractivity contribution >= 4 is 60.6 Å². The van der Waals surface area contributed by atoms with Crippen molar-refractivity contribution in [2.45, 2.75) is 13.8 Å². The van der Waals surface area contributed by atoms with Crippen molar-refractivity contribution in [2.75, 3.05) is 4.90 Å². The molecule has 0 atom stereocenters. The van der Waals surface area contributed by atoms with Gasteiger partial charge in [-0.1, -0.05) is 36.4 Å². The van der Waals surface area contributed by atoms with Crippen molar-refractivity contribution in [3.63, 3.8) is 0 Å². The van der Waals surface area contributed by atoms with E-state index in [0.29, 0.717) is 5.69 Å². The number of anilines is 1. The predicted molar refractivity (Wildman–Crippen MR) is 113 cm³/mol. The van der Waals surface area contributed by atoms with Gasteiger partial charge in [0.15, 0.2) is 0 Å².